The molecule has 1 aliphatic carbocycles. The topological polar surface area (TPSA) is 50.3 Å². The van der Waals surface area contributed by atoms with Crippen molar-refractivity contribution in [3.63, 3.8) is 0 Å². The zero-order valence-corrected chi connectivity index (χ0v) is 11.5. The molecule has 0 spiro atoms. The van der Waals surface area contributed by atoms with Crippen molar-refractivity contribution in [2.45, 2.75) is 25.5 Å². The summed E-state index contributed by atoms with van der Waals surface area (Å²) < 4.78 is 9.22. The Morgan fingerprint density at radius 1 is 1.53 bits per heavy atom. The van der Waals surface area contributed by atoms with E-state index in [-0.39, 0.29) is 0 Å². The normalized spacial score (nSPS) is 17.4. The van der Waals surface area contributed by atoms with Crippen molar-refractivity contribution in [2.24, 2.45) is 5.92 Å². The molecule has 0 bridgehead atoms. The predicted molar refractivity (Wildman–Crippen MR) is 69.3 cm³/mol. The summed E-state index contributed by atoms with van der Waals surface area (Å²) in [6, 6.07) is 0.602. The molecular formula is C11H20N4OS. The van der Waals surface area contributed by atoms with E-state index in [4.69, 9.17) is 4.74 Å². The highest BCUT2D eigenvalue weighted by molar-refractivity contribution is 7.09. The van der Waals surface area contributed by atoms with Crippen molar-refractivity contribution >= 4 is 16.7 Å². The maximum Gasteiger partial charge on any atom is 0.202 e. The first kappa shape index (κ1) is 12.7. The van der Waals surface area contributed by atoms with Crippen LogP contribution in [-0.4, -0.2) is 48.0 Å². The first-order valence-corrected chi connectivity index (χ1v) is 6.70. The Morgan fingerprint density at radius 3 is 2.88 bits per heavy atom. The molecule has 0 radical (unpaired) electrons. The first-order valence-electron chi connectivity index (χ1n) is 5.92. The Morgan fingerprint density at radius 2 is 2.29 bits per heavy atom. The number of ether oxygens (including phenoxy) is 1. The van der Waals surface area contributed by atoms with Gasteiger partial charge in [-0.25, -0.2) is 4.98 Å². The number of methoxy groups -OCH3 is 1. The smallest absolute Gasteiger partial charge is 0.202 e. The minimum absolute atomic E-state index is 0.484. The van der Waals surface area contributed by atoms with Gasteiger partial charge in [0.05, 0.1) is 0 Å². The molecule has 1 unspecified atom stereocenters. The van der Waals surface area contributed by atoms with Crippen LogP contribution in [0.3, 0.4) is 0 Å². The summed E-state index contributed by atoms with van der Waals surface area (Å²) in [6.07, 6.45) is 2.71. The third-order valence-electron chi connectivity index (χ3n) is 3.03. The second kappa shape index (κ2) is 5.75. The van der Waals surface area contributed by atoms with Crippen LogP contribution in [0.2, 0.25) is 0 Å². The van der Waals surface area contributed by atoms with Gasteiger partial charge in [0.15, 0.2) is 5.82 Å². The lowest BCUT2D eigenvalue weighted by Gasteiger charge is -2.24. The number of likely N-dealkylation sites (N-methyl/N-ethyl adjacent to an activating group) is 1. The van der Waals surface area contributed by atoms with Crippen LogP contribution in [0.4, 0.5) is 5.13 Å². The largest absolute Gasteiger partial charge is 0.377 e. The molecule has 5 nitrogen and oxygen atoms in total. The maximum atomic E-state index is 5.00. The lowest BCUT2D eigenvalue weighted by molar-refractivity contribution is 0.179. The number of nitrogens with one attached hydrogen (secondary N) is 1. The fourth-order valence-electron chi connectivity index (χ4n) is 1.96. The highest BCUT2D eigenvalue weighted by Gasteiger charge is 2.32. The van der Waals surface area contributed by atoms with Crippen molar-refractivity contribution in [2.75, 3.05) is 33.1 Å². The van der Waals surface area contributed by atoms with Gasteiger partial charge in [0, 0.05) is 31.2 Å². The molecule has 1 aromatic heterocycles. The number of rotatable bonds is 7. The molecule has 0 saturated heterocycles. The maximum absolute atomic E-state index is 5.00. The van der Waals surface area contributed by atoms with Crippen molar-refractivity contribution < 1.29 is 4.74 Å². The van der Waals surface area contributed by atoms with E-state index in [9.17, 15) is 0 Å². The van der Waals surface area contributed by atoms with Gasteiger partial charge in [-0.2, -0.15) is 4.37 Å². The van der Waals surface area contributed by atoms with Crippen molar-refractivity contribution in [3.8, 4) is 0 Å². The summed E-state index contributed by atoms with van der Waals surface area (Å²) >= 11 is 1.40. The molecule has 17 heavy (non-hydrogen) atoms. The van der Waals surface area contributed by atoms with Crippen LogP contribution in [0.5, 0.6) is 0 Å². The average molecular weight is 256 g/mol. The fraction of sp³-hybridized carbons (Fsp3) is 0.818. The van der Waals surface area contributed by atoms with Gasteiger partial charge in [-0.3, -0.25) is 0 Å². The zero-order chi connectivity index (χ0) is 12.3. The number of anilines is 1. The molecule has 0 amide bonds. The number of hydrogen-bond donors (Lipinski definition) is 1. The highest BCUT2D eigenvalue weighted by Crippen LogP contribution is 2.34. The van der Waals surface area contributed by atoms with Crippen molar-refractivity contribution in [1.82, 2.24) is 14.3 Å². The molecule has 1 N–H and O–H groups in total. The lowest BCUT2D eigenvalue weighted by atomic mass is 10.1. The van der Waals surface area contributed by atoms with E-state index >= 15 is 0 Å². The second-order valence-electron chi connectivity index (χ2n) is 4.70. The Balaban J connectivity index is 1.83. The van der Waals surface area contributed by atoms with Crippen molar-refractivity contribution in [3.05, 3.63) is 5.82 Å². The summed E-state index contributed by atoms with van der Waals surface area (Å²) in [5, 5.41) is 4.27. The molecule has 96 valence electrons. The van der Waals surface area contributed by atoms with Crippen LogP contribution in [0.1, 0.15) is 18.7 Å². The van der Waals surface area contributed by atoms with Gasteiger partial charge >= 0.3 is 0 Å². The lowest BCUT2D eigenvalue weighted by Crippen LogP contribution is -2.36. The van der Waals surface area contributed by atoms with Gasteiger partial charge in [-0.15, -0.1) is 0 Å². The fourth-order valence-corrected chi connectivity index (χ4v) is 2.54. The number of nitrogens with zero attached hydrogens (tertiary/aromatic N) is 3. The summed E-state index contributed by atoms with van der Waals surface area (Å²) in [7, 11) is 5.94. The number of aromatic nitrogens is 2. The molecule has 1 aromatic rings. The van der Waals surface area contributed by atoms with Crippen LogP contribution in [0.15, 0.2) is 0 Å². The minimum atomic E-state index is 0.484. The molecule has 1 fully saturated rings. The molecule has 1 saturated carbocycles. The molecule has 1 aliphatic rings. The van der Waals surface area contributed by atoms with Crippen LogP contribution >= 0.6 is 11.5 Å². The third-order valence-corrected chi connectivity index (χ3v) is 3.74. The molecule has 1 atom stereocenters. The van der Waals surface area contributed by atoms with Gasteiger partial charge in [-0.1, -0.05) is 0 Å². The molecule has 2 rings (SSSR count). The Bertz CT molecular complexity index is 349. The summed E-state index contributed by atoms with van der Waals surface area (Å²) in [5.41, 5.74) is 0. The number of hydrogen-bond acceptors (Lipinski definition) is 6. The average Bonchev–Trinajstić information content (AvgIpc) is 3.01. The molecule has 0 aliphatic heterocycles. The van der Waals surface area contributed by atoms with Crippen LogP contribution in [-0.2, 0) is 11.3 Å². The zero-order valence-electron chi connectivity index (χ0n) is 10.6. The Hall–Kier alpha value is -0.720. The summed E-state index contributed by atoms with van der Waals surface area (Å²) in [5.74, 6) is 1.61. The van der Waals surface area contributed by atoms with E-state index in [1.54, 1.807) is 7.11 Å². The minimum Gasteiger partial charge on any atom is -0.377 e. The van der Waals surface area contributed by atoms with Crippen LogP contribution in [0, 0.1) is 5.92 Å². The standard InChI is InChI=1S/C11H20N4OS/c1-15(2)9(8-4-5-8)6-12-11-13-10(7-16-3)14-17-11/h8-9H,4-7H2,1-3H3,(H,12,13,14). The van der Waals surface area contributed by atoms with E-state index in [1.165, 1.54) is 24.4 Å². The predicted octanol–water partition coefficient (Wildman–Crippen LogP) is 1.44. The molecule has 0 aromatic carbocycles. The van der Waals surface area contributed by atoms with E-state index in [1.807, 2.05) is 0 Å². The monoisotopic (exact) mass is 256 g/mol. The van der Waals surface area contributed by atoms with Gasteiger partial charge in [-0.05, 0) is 32.9 Å². The van der Waals surface area contributed by atoms with Crippen molar-refractivity contribution in [1.29, 1.82) is 0 Å². The van der Waals surface area contributed by atoms with Gasteiger partial charge in [0.2, 0.25) is 5.13 Å². The summed E-state index contributed by atoms with van der Waals surface area (Å²) in [4.78, 5) is 6.66. The Labute approximate surface area is 106 Å². The summed E-state index contributed by atoms with van der Waals surface area (Å²) in [6.45, 7) is 1.43. The Kier molecular flexibility index (Phi) is 4.31. The van der Waals surface area contributed by atoms with Gasteiger partial charge in [0.1, 0.15) is 6.61 Å². The molecule has 1 heterocycles. The van der Waals surface area contributed by atoms with E-state index < -0.39 is 0 Å². The highest BCUT2D eigenvalue weighted by atomic mass is 32.1. The third kappa shape index (κ3) is 3.62. The van der Waals surface area contributed by atoms with E-state index in [0.717, 1.165) is 23.4 Å². The second-order valence-corrected chi connectivity index (χ2v) is 5.45. The SMILES string of the molecule is COCc1nsc(NCC(C2CC2)N(C)C)n1. The van der Waals surface area contributed by atoms with Crippen LogP contribution in [0.25, 0.3) is 0 Å². The molecule has 6 heteroatoms. The van der Waals surface area contributed by atoms with Gasteiger partial charge in [0.25, 0.3) is 0 Å². The van der Waals surface area contributed by atoms with Gasteiger partial charge < -0.3 is 15.0 Å². The van der Waals surface area contributed by atoms with E-state index in [0.29, 0.717) is 12.6 Å². The quantitative estimate of drug-likeness (QED) is 0.800. The van der Waals surface area contributed by atoms with E-state index in [2.05, 4.69) is 33.7 Å². The van der Waals surface area contributed by atoms with Crippen LogP contribution < -0.4 is 5.32 Å². The molecular weight excluding hydrogens is 236 g/mol. The first-order chi connectivity index (χ1) is 8.20.